The second kappa shape index (κ2) is 5.19. The Morgan fingerprint density at radius 1 is 1.35 bits per heavy atom. The SMILES string of the molecule is CC[C@H]1CCN(Cc2ccccc2)C[C@]1(C)O. The fraction of sp³-hybridized carbons (Fsp3) is 0.600. The maximum Gasteiger partial charge on any atom is 0.0774 e. The van der Waals surface area contributed by atoms with Gasteiger partial charge in [0.25, 0.3) is 0 Å². The molecule has 0 spiro atoms. The van der Waals surface area contributed by atoms with Crippen molar-refractivity contribution >= 4 is 0 Å². The third kappa shape index (κ3) is 3.08. The highest BCUT2D eigenvalue weighted by molar-refractivity contribution is 5.14. The zero-order chi connectivity index (χ0) is 12.3. The fourth-order valence-electron chi connectivity index (χ4n) is 2.93. The summed E-state index contributed by atoms with van der Waals surface area (Å²) in [6.45, 7) is 7.00. The summed E-state index contributed by atoms with van der Waals surface area (Å²) >= 11 is 0. The Labute approximate surface area is 104 Å². The van der Waals surface area contributed by atoms with Gasteiger partial charge in [0, 0.05) is 13.1 Å². The minimum atomic E-state index is -0.526. The van der Waals surface area contributed by atoms with E-state index in [4.69, 9.17) is 0 Å². The van der Waals surface area contributed by atoms with Crippen molar-refractivity contribution in [1.82, 2.24) is 4.90 Å². The molecule has 2 atom stereocenters. The van der Waals surface area contributed by atoms with Crippen LogP contribution in [0, 0.1) is 5.92 Å². The van der Waals surface area contributed by atoms with Gasteiger partial charge in [0.1, 0.15) is 0 Å². The van der Waals surface area contributed by atoms with E-state index in [9.17, 15) is 5.11 Å². The molecule has 0 unspecified atom stereocenters. The van der Waals surface area contributed by atoms with Crippen molar-refractivity contribution in [2.24, 2.45) is 5.92 Å². The molecule has 1 aliphatic heterocycles. The molecule has 0 saturated carbocycles. The van der Waals surface area contributed by atoms with Crippen LogP contribution in [-0.2, 0) is 6.54 Å². The highest BCUT2D eigenvalue weighted by Crippen LogP contribution is 2.30. The van der Waals surface area contributed by atoms with Gasteiger partial charge in [-0.1, -0.05) is 43.7 Å². The molecule has 17 heavy (non-hydrogen) atoms. The normalized spacial score (nSPS) is 30.4. The first-order valence-corrected chi connectivity index (χ1v) is 6.60. The second-order valence-corrected chi connectivity index (χ2v) is 5.45. The lowest BCUT2D eigenvalue weighted by atomic mass is 9.81. The topological polar surface area (TPSA) is 23.5 Å². The van der Waals surface area contributed by atoms with E-state index in [1.54, 1.807) is 0 Å². The van der Waals surface area contributed by atoms with Gasteiger partial charge in [0.2, 0.25) is 0 Å². The Morgan fingerprint density at radius 3 is 2.65 bits per heavy atom. The standard InChI is InChI=1S/C15H23NO/c1-3-14-9-10-16(12-15(14,2)17)11-13-7-5-4-6-8-13/h4-8,14,17H,3,9-12H2,1-2H3/t14-,15-/m0/s1. The van der Waals surface area contributed by atoms with E-state index in [-0.39, 0.29) is 0 Å². The van der Waals surface area contributed by atoms with Crippen LogP contribution in [0.1, 0.15) is 32.3 Å². The van der Waals surface area contributed by atoms with Gasteiger partial charge in [-0.15, -0.1) is 0 Å². The summed E-state index contributed by atoms with van der Waals surface area (Å²) in [5.74, 6) is 0.453. The molecular formula is C15H23NO. The Bertz CT molecular complexity index is 347. The Kier molecular flexibility index (Phi) is 3.85. The van der Waals surface area contributed by atoms with Crippen molar-refractivity contribution in [1.29, 1.82) is 0 Å². The van der Waals surface area contributed by atoms with Crippen molar-refractivity contribution in [2.45, 2.75) is 38.8 Å². The minimum Gasteiger partial charge on any atom is -0.389 e. The molecule has 1 saturated heterocycles. The number of nitrogens with zero attached hydrogens (tertiary/aromatic N) is 1. The molecular weight excluding hydrogens is 210 g/mol. The third-order valence-corrected chi connectivity index (χ3v) is 3.96. The summed E-state index contributed by atoms with van der Waals surface area (Å²) in [5.41, 5.74) is 0.806. The van der Waals surface area contributed by atoms with Gasteiger partial charge in [0.05, 0.1) is 5.60 Å². The lowest BCUT2D eigenvalue weighted by Gasteiger charge is -2.42. The minimum absolute atomic E-state index is 0.453. The number of hydrogen-bond acceptors (Lipinski definition) is 2. The molecule has 2 nitrogen and oxygen atoms in total. The Hall–Kier alpha value is -0.860. The molecule has 1 heterocycles. The van der Waals surface area contributed by atoms with Crippen LogP contribution < -0.4 is 0 Å². The van der Waals surface area contributed by atoms with Crippen LogP contribution in [0.2, 0.25) is 0 Å². The van der Waals surface area contributed by atoms with Crippen LogP contribution >= 0.6 is 0 Å². The molecule has 1 aromatic carbocycles. The van der Waals surface area contributed by atoms with E-state index in [0.717, 1.165) is 32.5 Å². The number of piperidine rings is 1. The zero-order valence-electron chi connectivity index (χ0n) is 10.9. The molecule has 1 aromatic rings. The van der Waals surface area contributed by atoms with E-state index in [1.165, 1.54) is 5.56 Å². The van der Waals surface area contributed by atoms with Gasteiger partial charge in [0.15, 0.2) is 0 Å². The Morgan fingerprint density at radius 2 is 2.06 bits per heavy atom. The predicted octanol–water partition coefficient (Wildman–Crippen LogP) is 2.67. The number of likely N-dealkylation sites (tertiary alicyclic amines) is 1. The van der Waals surface area contributed by atoms with Gasteiger partial charge in [-0.3, -0.25) is 4.90 Å². The average Bonchev–Trinajstić information content (AvgIpc) is 2.29. The number of aliphatic hydroxyl groups is 1. The van der Waals surface area contributed by atoms with Crippen LogP contribution in [0.25, 0.3) is 0 Å². The van der Waals surface area contributed by atoms with Gasteiger partial charge in [-0.2, -0.15) is 0 Å². The summed E-state index contributed by atoms with van der Waals surface area (Å²) < 4.78 is 0. The van der Waals surface area contributed by atoms with E-state index in [2.05, 4.69) is 36.1 Å². The molecule has 1 N–H and O–H groups in total. The van der Waals surface area contributed by atoms with Crippen molar-refractivity contribution < 1.29 is 5.11 Å². The quantitative estimate of drug-likeness (QED) is 0.867. The first-order chi connectivity index (χ1) is 8.12. The molecule has 2 heteroatoms. The van der Waals surface area contributed by atoms with Gasteiger partial charge >= 0.3 is 0 Å². The number of hydrogen-bond donors (Lipinski definition) is 1. The van der Waals surface area contributed by atoms with Crippen molar-refractivity contribution in [2.75, 3.05) is 13.1 Å². The molecule has 2 rings (SSSR count). The summed E-state index contributed by atoms with van der Waals surface area (Å²) in [6, 6.07) is 10.5. The second-order valence-electron chi connectivity index (χ2n) is 5.45. The monoisotopic (exact) mass is 233 g/mol. The predicted molar refractivity (Wildman–Crippen MR) is 70.7 cm³/mol. The maximum absolute atomic E-state index is 10.4. The molecule has 94 valence electrons. The molecule has 0 radical (unpaired) electrons. The highest BCUT2D eigenvalue weighted by atomic mass is 16.3. The van der Waals surface area contributed by atoms with Crippen LogP contribution in [-0.4, -0.2) is 28.7 Å². The molecule has 1 fully saturated rings. The summed E-state index contributed by atoms with van der Waals surface area (Å²) in [4.78, 5) is 2.36. The van der Waals surface area contributed by atoms with Crippen molar-refractivity contribution in [3.05, 3.63) is 35.9 Å². The summed E-state index contributed by atoms with van der Waals surface area (Å²) in [7, 11) is 0. The van der Waals surface area contributed by atoms with E-state index in [1.807, 2.05) is 13.0 Å². The van der Waals surface area contributed by atoms with Crippen molar-refractivity contribution in [3.63, 3.8) is 0 Å². The molecule has 0 amide bonds. The van der Waals surface area contributed by atoms with E-state index < -0.39 is 5.60 Å². The third-order valence-electron chi connectivity index (χ3n) is 3.96. The van der Waals surface area contributed by atoms with Gasteiger partial charge in [-0.25, -0.2) is 0 Å². The van der Waals surface area contributed by atoms with Crippen LogP contribution in [0.4, 0.5) is 0 Å². The summed E-state index contributed by atoms with van der Waals surface area (Å²) in [5, 5.41) is 10.4. The fourth-order valence-corrected chi connectivity index (χ4v) is 2.93. The summed E-state index contributed by atoms with van der Waals surface area (Å²) in [6.07, 6.45) is 2.18. The molecule has 0 aliphatic carbocycles. The number of rotatable bonds is 3. The van der Waals surface area contributed by atoms with Crippen molar-refractivity contribution in [3.8, 4) is 0 Å². The lowest BCUT2D eigenvalue weighted by Crippen LogP contribution is -2.51. The van der Waals surface area contributed by atoms with Gasteiger partial charge in [-0.05, 0) is 31.4 Å². The molecule has 1 aliphatic rings. The lowest BCUT2D eigenvalue weighted by molar-refractivity contribution is -0.0664. The average molecular weight is 233 g/mol. The van der Waals surface area contributed by atoms with Gasteiger partial charge < -0.3 is 5.11 Å². The first-order valence-electron chi connectivity index (χ1n) is 6.60. The van der Waals surface area contributed by atoms with Crippen LogP contribution in [0.15, 0.2) is 30.3 Å². The molecule has 0 aromatic heterocycles. The number of benzene rings is 1. The number of β-amino-alcohol motifs (C(OH)–C–C–N with tert-alkyl or cyclic N) is 1. The molecule has 0 bridgehead atoms. The Balaban J connectivity index is 1.97. The maximum atomic E-state index is 10.4. The first kappa shape index (κ1) is 12.6. The van der Waals surface area contributed by atoms with Crippen LogP contribution in [0.5, 0.6) is 0 Å². The zero-order valence-corrected chi connectivity index (χ0v) is 10.9. The van der Waals surface area contributed by atoms with E-state index >= 15 is 0 Å². The highest BCUT2D eigenvalue weighted by Gasteiger charge is 2.36. The largest absolute Gasteiger partial charge is 0.389 e. The van der Waals surface area contributed by atoms with Crippen LogP contribution in [0.3, 0.4) is 0 Å². The van der Waals surface area contributed by atoms with E-state index in [0.29, 0.717) is 5.92 Å². The smallest absolute Gasteiger partial charge is 0.0774 e.